The maximum atomic E-state index is 13.5. The van der Waals surface area contributed by atoms with E-state index < -0.39 is 6.09 Å². The van der Waals surface area contributed by atoms with Crippen molar-refractivity contribution < 1.29 is 19.4 Å². The summed E-state index contributed by atoms with van der Waals surface area (Å²) in [5.41, 5.74) is 4.07. The van der Waals surface area contributed by atoms with Crippen molar-refractivity contribution in [3.63, 3.8) is 0 Å². The molecule has 0 spiro atoms. The molecule has 8 nitrogen and oxygen atoms in total. The van der Waals surface area contributed by atoms with Gasteiger partial charge in [-0.25, -0.2) is 4.79 Å². The molecule has 1 aromatic heterocycles. The molecule has 1 unspecified atom stereocenters. The number of hydrogen-bond donors (Lipinski definition) is 2. The van der Waals surface area contributed by atoms with E-state index in [0.717, 1.165) is 79.2 Å². The van der Waals surface area contributed by atoms with Gasteiger partial charge in [0.05, 0.1) is 13.2 Å². The number of aliphatic hydroxyl groups excluding tert-OH is 1. The fourth-order valence-electron chi connectivity index (χ4n) is 6.07. The smallest absolute Gasteiger partial charge is 0.416 e. The third-order valence-electron chi connectivity index (χ3n) is 8.31. The molecule has 2 aliphatic rings. The lowest BCUT2D eigenvalue weighted by Crippen LogP contribution is -2.47. The van der Waals surface area contributed by atoms with Crippen molar-refractivity contribution in [3.05, 3.63) is 93.6 Å². The summed E-state index contributed by atoms with van der Waals surface area (Å²) in [5, 5.41) is 11.5. The lowest BCUT2D eigenvalue weighted by molar-refractivity contribution is 0.108. The molecule has 43 heavy (non-hydrogen) atoms. The fraction of sp³-hybridized carbons (Fsp3) is 0.364. The lowest BCUT2D eigenvalue weighted by Gasteiger charge is -2.35. The van der Waals surface area contributed by atoms with Gasteiger partial charge in [-0.05, 0) is 78.6 Å². The van der Waals surface area contributed by atoms with Crippen LogP contribution in [0.15, 0.2) is 66.7 Å². The number of amides is 1. The largest absolute Gasteiger partial charge is 0.494 e. The Balaban J connectivity index is 1.16. The van der Waals surface area contributed by atoms with Crippen LogP contribution in [0.4, 0.5) is 4.79 Å². The van der Waals surface area contributed by atoms with Gasteiger partial charge in [0.2, 0.25) is 0 Å². The van der Waals surface area contributed by atoms with Gasteiger partial charge in [0.1, 0.15) is 17.5 Å². The molecule has 0 bridgehead atoms. The first-order chi connectivity index (χ1) is 21.0. The van der Waals surface area contributed by atoms with Crippen LogP contribution in [0.1, 0.15) is 29.3 Å². The molecule has 0 saturated carbocycles. The van der Waals surface area contributed by atoms with E-state index in [0.29, 0.717) is 35.4 Å². The number of aromatic amines is 1. The second-order valence-electron chi connectivity index (χ2n) is 11.1. The first kappa shape index (κ1) is 29.8. The van der Waals surface area contributed by atoms with Gasteiger partial charge in [0, 0.05) is 72.5 Å². The van der Waals surface area contributed by atoms with Gasteiger partial charge >= 0.3 is 6.09 Å². The third-order valence-corrected chi connectivity index (χ3v) is 8.79. The van der Waals surface area contributed by atoms with Crippen LogP contribution in [0.2, 0.25) is 10.0 Å². The maximum absolute atomic E-state index is 13.5. The Morgan fingerprint density at radius 3 is 2.26 bits per heavy atom. The number of H-pyrrole nitrogens is 1. The quantitative estimate of drug-likeness (QED) is 0.223. The normalized spacial score (nSPS) is 17.7. The molecular formula is C33H36Cl2N4O4. The van der Waals surface area contributed by atoms with E-state index in [1.807, 2.05) is 42.5 Å². The Morgan fingerprint density at radius 1 is 0.860 bits per heavy atom. The van der Waals surface area contributed by atoms with Gasteiger partial charge in [0.15, 0.2) is 0 Å². The van der Waals surface area contributed by atoms with Gasteiger partial charge in [-0.1, -0.05) is 35.3 Å². The molecular weight excluding hydrogens is 587 g/mol. The highest BCUT2D eigenvalue weighted by molar-refractivity contribution is 6.31. The monoisotopic (exact) mass is 622 g/mol. The average molecular weight is 624 g/mol. The Morgan fingerprint density at radius 2 is 1.53 bits per heavy atom. The number of hydrogen-bond acceptors (Lipinski definition) is 6. The van der Waals surface area contributed by atoms with Crippen molar-refractivity contribution in [3.8, 4) is 11.5 Å². The van der Waals surface area contributed by atoms with Crippen molar-refractivity contribution >= 4 is 40.2 Å². The molecule has 1 saturated heterocycles. The average Bonchev–Trinajstić information content (AvgIpc) is 3.39. The summed E-state index contributed by atoms with van der Waals surface area (Å²) in [6, 6.07) is 20.3. The zero-order chi connectivity index (χ0) is 29.8. The highest BCUT2D eigenvalue weighted by Gasteiger charge is 2.36. The van der Waals surface area contributed by atoms with Crippen LogP contribution in [-0.4, -0.2) is 89.9 Å². The SMILES string of the molecule is O=C(Oc1ccc(Cl)cc1)N1CCc2c([nH]c3ccc(Cl)cc23)C1c1ccc(OCCCN2CCN(CCO)CC2)cc1. The second kappa shape index (κ2) is 13.6. The summed E-state index contributed by atoms with van der Waals surface area (Å²) >= 11 is 12.4. The number of fused-ring (bicyclic) bond motifs is 3. The second-order valence-corrected chi connectivity index (χ2v) is 11.9. The molecule has 10 heteroatoms. The number of β-amino-alcohol motifs (C(OH)–C–C–N with tert-alkyl or cyclic N) is 1. The van der Waals surface area contributed by atoms with Gasteiger partial charge in [-0.2, -0.15) is 0 Å². The number of aliphatic hydroxyl groups is 1. The summed E-state index contributed by atoms with van der Waals surface area (Å²) < 4.78 is 11.9. The minimum Gasteiger partial charge on any atom is -0.494 e. The number of rotatable bonds is 9. The van der Waals surface area contributed by atoms with E-state index in [1.54, 1.807) is 29.2 Å². The molecule has 0 aliphatic carbocycles. The van der Waals surface area contributed by atoms with Crippen molar-refractivity contribution in [2.24, 2.45) is 0 Å². The number of halogens is 2. The summed E-state index contributed by atoms with van der Waals surface area (Å²) in [7, 11) is 0. The lowest BCUT2D eigenvalue weighted by atomic mass is 9.92. The van der Waals surface area contributed by atoms with Gasteiger partial charge in [-0.15, -0.1) is 0 Å². The summed E-state index contributed by atoms with van der Waals surface area (Å²) in [6.45, 7) is 7.14. The van der Waals surface area contributed by atoms with E-state index >= 15 is 0 Å². The molecule has 1 atom stereocenters. The highest BCUT2D eigenvalue weighted by atomic mass is 35.5. The van der Waals surface area contributed by atoms with Gasteiger partial charge in [0.25, 0.3) is 0 Å². The molecule has 226 valence electrons. The van der Waals surface area contributed by atoms with Crippen molar-refractivity contribution in [2.75, 3.05) is 59.0 Å². The molecule has 2 aliphatic heterocycles. The number of nitrogens with one attached hydrogen (secondary N) is 1. The number of benzene rings is 3. The van der Waals surface area contributed by atoms with Crippen LogP contribution in [0, 0.1) is 0 Å². The molecule has 2 N–H and O–H groups in total. The Kier molecular flexibility index (Phi) is 9.40. The minimum absolute atomic E-state index is 0.219. The maximum Gasteiger partial charge on any atom is 0.416 e. The number of carbonyl (C=O) groups excluding carboxylic acids is 1. The minimum atomic E-state index is -0.424. The number of carbonyl (C=O) groups is 1. The van der Waals surface area contributed by atoms with Crippen molar-refractivity contribution in [1.82, 2.24) is 19.7 Å². The Hall–Kier alpha value is -3.27. The van der Waals surface area contributed by atoms with Crippen LogP contribution in [-0.2, 0) is 6.42 Å². The van der Waals surface area contributed by atoms with E-state index in [-0.39, 0.29) is 12.6 Å². The zero-order valence-corrected chi connectivity index (χ0v) is 25.5. The number of aromatic nitrogens is 1. The van der Waals surface area contributed by atoms with Crippen LogP contribution in [0.3, 0.4) is 0 Å². The number of nitrogens with zero attached hydrogens (tertiary/aromatic N) is 3. The summed E-state index contributed by atoms with van der Waals surface area (Å²) in [4.78, 5) is 23.6. The van der Waals surface area contributed by atoms with E-state index in [4.69, 9.17) is 37.8 Å². The summed E-state index contributed by atoms with van der Waals surface area (Å²) in [5.74, 6) is 1.24. The van der Waals surface area contributed by atoms with E-state index in [2.05, 4.69) is 14.8 Å². The Bertz CT molecular complexity index is 1540. The highest BCUT2D eigenvalue weighted by Crippen LogP contribution is 2.40. The van der Waals surface area contributed by atoms with E-state index in [9.17, 15) is 4.79 Å². The number of piperazine rings is 1. The molecule has 3 aromatic carbocycles. The molecule has 1 amide bonds. The number of ether oxygens (including phenoxy) is 2. The molecule has 0 radical (unpaired) electrons. The molecule has 4 aromatic rings. The van der Waals surface area contributed by atoms with E-state index in [1.165, 1.54) is 0 Å². The predicted octanol–water partition coefficient (Wildman–Crippen LogP) is 6.00. The standard InChI is InChI=1S/C33H36Cl2N4O4/c34-24-4-9-27(10-5-24)43-33(41)39-14-12-28-29-22-25(35)6-11-30(29)36-31(28)32(39)23-2-7-26(8-3-23)42-21-1-13-37-15-17-38(18-16-37)19-20-40/h2-11,22,32,36,40H,1,12-21H2. The fourth-order valence-corrected chi connectivity index (χ4v) is 6.37. The molecule has 6 rings (SSSR count). The van der Waals surface area contributed by atoms with Gasteiger partial charge in [-0.3, -0.25) is 9.80 Å². The first-order valence-electron chi connectivity index (χ1n) is 14.8. The van der Waals surface area contributed by atoms with Crippen LogP contribution in [0.5, 0.6) is 11.5 Å². The Labute approximate surface area is 261 Å². The van der Waals surface area contributed by atoms with Gasteiger partial charge < -0.3 is 24.5 Å². The first-order valence-corrected chi connectivity index (χ1v) is 15.6. The zero-order valence-electron chi connectivity index (χ0n) is 24.0. The third kappa shape index (κ3) is 6.95. The molecule has 3 heterocycles. The van der Waals surface area contributed by atoms with Crippen molar-refractivity contribution in [2.45, 2.75) is 18.9 Å². The molecule has 1 fully saturated rings. The van der Waals surface area contributed by atoms with Crippen LogP contribution >= 0.6 is 23.2 Å². The topological polar surface area (TPSA) is 81.3 Å². The predicted molar refractivity (Wildman–Crippen MR) is 170 cm³/mol. The van der Waals surface area contributed by atoms with Crippen LogP contribution in [0.25, 0.3) is 10.9 Å². The summed E-state index contributed by atoms with van der Waals surface area (Å²) in [6.07, 6.45) is 1.20. The van der Waals surface area contributed by atoms with Crippen LogP contribution < -0.4 is 9.47 Å². The van der Waals surface area contributed by atoms with Crippen molar-refractivity contribution in [1.29, 1.82) is 0 Å².